The van der Waals surface area contributed by atoms with Gasteiger partial charge in [0.15, 0.2) is 0 Å². The molecule has 0 aliphatic heterocycles. The number of nitrogens with zero attached hydrogens (tertiary/aromatic N) is 4. The third-order valence-corrected chi connectivity index (χ3v) is 7.71. The van der Waals surface area contributed by atoms with Crippen LogP contribution in [0, 0.1) is 37.4 Å². The van der Waals surface area contributed by atoms with Crippen molar-refractivity contribution in [3.8, 4) is 11.3 Å². The van der Waals surface area contributed by atoms with Crippen LogP contribution in [-0.4, -0.2) is 57.5 Å². The van der Waals surface area contributed by atoms with Gasteiger partial charge in [0.1, 0.15) is 10.4 Å². The summed E-state index contributed by atoms with van der Waals surface area (Å²) in [6, 6.07) is 6.47. The lowest BCUT2D eigenvalue weighted by Crippen LogP contribution is -2.16. The highest BCUT2D eigenvalue weighted by Crippen LogP contribution is 2.55. The van der Waals surface area contributed by atoms with Crippen LogP contribution >= 0.6 is 15.9 Å². The predicted molar refractivity (Wildman–Crippen MR) is 157 cm³/mol. The zero-order valence-corrected chi connectivity index (χ0v) is 25.4. The maximum atomic E-state index is 14.6. The van der Waals surface area contributed by atoms with E-state index in [-0.39, 0.29) is 58.3 Å². The van der Waals surface area contributed by atoms with Crippen LogP contribution in [0.5, 0.6) is 0 Å². The molecule has 236 valence electrons. The molecule has 1 saturated carbocycles. The number of rotatable bonds is 12. The van der Waals surface area contributed by atoms with E-state index in [1.807, 2.05) is 6.92 Å². The number of nitrogen functional groups attached to an aromatic ring is 1. The van der Waals surface area contributed by atoms with Crippen molar-refractivity contribution in [2.24, 2.45) is 11.3 Å². The summed E-state index contributed by atoms with van der Waals surface area (Å²) < 4.78 is 30.3. The van der Waals surface area contributed by atoms with Gasteiger partial charge < -0.3 is 19.9 Å². The highest BCUT2D eigenvalue weighted by Gasteiger charge is 2.50. The second-order valence-electron chi connectivity index (χ2n) is 10.3. The SMILES string of the molecule is CCOC(=O)c1nc(-c2cc(F)cc(C(=O)OC[C@H]3CC3(C)CCOC(=O)c3nc(Br)ccc3[N+](=O)[O-])c2N)ccc1[N+](=O)[O-]. The Bertz CT molecular complexity index is 1720. The molecule has 2 atom stereocenters. The van der Waals surface area contributed by atoms with Crippen LogP contribution in [-0.2, 0) is 14.2 Å². The van der Waals surface area contributed by atoms with Crippen molar-refractivity contribution in [2.75, 3.05) is 25.6 Å². The Balaban J connectivity index is 1.40. The number of esters is 3. The Morgan fingerprint density at radius 1 is 1.00 bits per heavy atom. The number of benzene rings is 1. The summed E-state index contributed by atoms with van der Waals surface area (Å²) in [7, 11) is 0. The van der Waals surface area contributed by atoms with Crippen molar-refractivity contribution in [3.05, 3.63) is 84.0 Å². The summed E-state index contributed by atoms with van der Waals surface area (Å²) >= 11 is 3.07. The molecule has 4 rings (SSSR count). The molecule has 0 amide bonds. The van der Waals surface area contributed by atoms with Gasteiger partial charge in [0.2, 0.25) is 11.4 Å². The maximum absolute atomic E-state index is 14.6. The molecule has 45 heavy (non-hydrogen) atoms. The van der Waals surface area contributed by atoms with E-state index >= 15 is 0 Å². The molecule has 2 heterocycles. The summed E-state index contributed by atoms with van der Waals surface area (Å²) in [5, 5.41) is 22.6. The summed E-state index contributed by atoms with van der Waals surface area (Å²) in [4.78, 5) is 66.5. The molecule has 15 nitrogen and oxygen atoms in total. The van der Waals surface area contributed by atoms with Crippen LogP contribution in [0.4, 0.5) is 21.5 Å². The van der Waals surface area contributed by atoms with Crippen molar-refractivity contribution < 1.29 is 42.8 Å². The number of halogens is 2. The molecule has 1 aliphatic rings. The fourth-order valence-corrected chi connectivity index (χ4v) is 4.90. The monoisotopic (exact) mass is 689 g/mol. The first kappa shape index (κ1) is 32.8. The van der Waals surface area contributed by atoms with Gasteiger partial charge in [-0.25, -0.2) is 28.7 Å². The zero-order chi connectivity index (χ0) is 33.1. The largest absolute Gasteiger partial charge is 0.462 e. The third-order valence-electron chi connectivity index (χ3n) is 7.27. The number of aromatic nitrogens is 2. The number of carbonyl (C=O) groups is 3. The van der Waals surface area contributed by atoms with Gasteiger partial charge in [-0.15, -0.1) is 0 Å². The molecular formula is C28H25BrFN5O10. The Morgan fingerprint density at radius 3 is 2.27 bits per heavy atom. The number of carbonyl (C=O) groups excluding carboxylic acids is 3. The van der Waals surface area contributed by atoms with E-state index in [9.17, 15) is 39.0 Å². The molecule has 17 heteroatoms. The van der Waals surface area contributed by atoms with E-state index in [0.717, 1.165) is 30.3 Å². The molecule has 0 saturated heterocycles. The molecule has 1 aliphatic carbocycles. The van der Waals surface area contributed by atoms with Crippen molar-refractivity contribution in [1.82, 2.24) is 9.97 Å². The van der Waals surface area contributed by atoms with Crippen LogP contribution in [0.3, 0.4) is 0 Å². The third kappa shape index (κ3) is 7.36. The van der Waals surface area contributed by atoms with Crippen LogP contribution in [0.2, 0.25) is 0 Å². The molecule has 1 fully saturated rings. The minimum atomic E-state index is -1.06. The van der Waals surface area contributed by atoms with E-state index in [1.165, 1.54) is 13.0 Å². The fourth-order valence-electron chi connectivity index (χ4n) is 4.59. The molecular weight excluding hydrogens is 665 g/mol. The van der Waals surface area contributed by atoms with E-state index in [0.29, 0.717) is 12.8 Å². The fraction of sp³-hybridized carbons (Fsp3) is 0.321. The number of nitro groups is 2. The second kappa shape index (κ2) is 13.3. The number of pyridine rings is 2. The number of anilines is 1. The van der Waals surface area contributed by atoms with Gasteiger partial charge >= 0.3 is 29.3 Å². The van der Waals surface area contributed by atoms with Gasteiger partial charge in [-0.1, -0.05) is 6.92 Å². The Hall–Kier alpha value is -5.06. The molecule has 1 unspecified atom stereocenters. The molecule has 0 bridgehead atoms. The van der Waals surface area contributed by atoms with Crippen LogP contribution in [0.15, 0.2) is 41.0 Å². The van der Waals surface area contributed by atoms with Crippen LogP contribution in [0.25, 0.3) is 11.3 Å². The first-order valence-electron chi connectivity index (χ1n) is 13.3. The van der Waals surface area contributed by atoms with Crippen LogP contribution < -0.4 is 5.73 Å². The first-order chi connectivity index (χ1) is 21.2. The quantitative estimate of drug-likeness (QED) is 0.0658. The Kier molecular flexibility index (Phi) is 9.70. The highest BCUT2D eigenvalue weighted by molar-refractivity contribution is 9.10. The van der Waals surface area contributed by atoms with Crippen molar-refractivity contribution in [3.63, 3.8) is 0 Å². The molecule has 3 aromatic rings. The number of ether oxygens (including phenoxy) is 3. The lowest BCUT2D eigenvalue weighted by Gasteiger charge is -2.14. The topological polar surface area (TPSA) is 217 Å². The van der Waals surface area contributed by atoms with Crippen molar-refractivity contribution in [2.45, 2.75) is 26.7 Å². The van der Waals surface area contributed by atoms with E-state index in [1.54, 1.807) is 0 Å². The molecule has 0 radical (unpaired) electrons. The molecule has 1 aromatic carbocycles. The summed E-state index contributed by atoms with van der Waals surface area (Å²) in [6.45, 7) is 3.19. The van der Waals surface area contributed by atoms with Gasteiger partial charge in [-0.3, -0.25) is 20.2 Å². The highest BCUT2D eigenvalue weighted by atomic mass is 79.9. The van der Waals surface area contributed by atoms with Gasteiger partial charge in [-0.05, 0) is 71.3 Å². The van der Waals surface area contributed by atoms with E-state index < -0.39 is 56.3 Å². The second-order valence-corrected chi connectivity index (χ2v) is 11.1. The predicted octanol–water partition coefficient (Wildman–Crippen LogP) is 5.05. The molecule has 2 aromatic heterocycles. The minimum absolute atomic E-state index is 0.0595. The smallest absolute Gasteiger partial charge is 0.364 e. The average Bonchev–Trinajstić information content (AvgIpc) is 3.65. The minimum Gasteiger partial charge on any atom is -0.462 e. The Labute approximate surface area is 262 Å². The van der Waals surface area contributed by atoms with Crippen molar-refractivity contribution in [1.29, 1.82) is 0 Å². The van der Waals surface area contributed by atoms with Gasteiger partial charge in [0, 0.05) is 17.7 Å². The average molecular weight is 690 g/mol. The standard InChI is InChI=1S/C28H25BrFN5O10/c1-3-43-26(37)23-19(34(39)40)5-4-18(32-23)16-10-15(30)11-17(22(16)31)25(36)45-13-14-12-28(14,2)8-9-44-27(38)24-20(35(41)42)6-7-21(29)33-24/h4-7,10-11,14H,3,8-9,12-13,31H2,1-2H3/t14-,28?/m1/s1. The van der Waals surface area contributed by atoms with Gasteiger partial charge in [0.05, 0.1) is 46.6 Å². The van der Waals surface area contributed by atoms with Gasteiger partial charge in [0.25, 0.3) is 0 Å². The van der Waals surface area contributed by atoms with Crippen molar-refractivity contribution >= 4 is 50.9 Å². The maximum Gasteiger partial charge on any atom is 0.364 e. The summed E-state index contributed by atoms with van der Waals surface area (Å²) in [5.74, 6) is -3.95. The summed E-state index contributed by atoms with van der Waals surface area (Å²) in [5.41, 5.74) is 2.88. The first-order valence-corrected chi connectivity index (χ1v) is 14.1. The van der Waals surface area contributed by atoms with Gasteiger partial charge in [-0.2, -0.15) is 0 Å². The van der Waals surface area contributed by atoms with E-state index in [2.05, 4.69) is 25.9 Å². The zero-order valence-electron chi connectivity index (χ0n) is 23.8. The molecule has 0 spiro atoms. The van der Waals surface area contributed by atoms with E-state index in [4.69, 9.17) is 19.9 Å². The van der Waals surface area contributed by atoms with Crippen LogP contribution in [0.1, 0.15) is 58.0 Å². The summed E-state index contributed by atoms with van der Waals surface area (Å²) in [6.07, 6.45) is 0.976. The number of hydrogen-bond acceptors (Lipinski definition) is 13. The lowest BCUT2D eigenvalue weighted by molar-refractivity contribution is -0.385. The lowest BCUT2D eigenvalue weighted by atomic mass is 10.0. The number of nitrogens with two attached hydrogens (primary N) is 1. The normalized spacial score (nSPS) is 16.8. The molecule has 2 N–H and O–H groups in total. The number of hydrogen-bond donors (Lipinski definition) is 1. The Morgan fingerprint density at radius 2 is 1.62 bits per heavy atom.